The molecule has 0 aromatic heterocycles. The molecule has 2 amide bonds. The van der Waals surface area contributed by atoms with Crippen molar-refractivity contribution in [2.24, 2.45) is 0 Å². The van der Waals surface area contributed by atoms with E-state index in [-0.39, 0.29) is 11.8 Å². The van der Waals surface area contributed by atoms with Crippen molar-refractivity contribution in [2.45, 2.75) is 33.1 Å². The predicted molar refractivity (Wildman–Crippen MR) is 73.9 cm³/mol. The fourth-order valence-electron chi connectivity index (χ4n) is 1.44. The van der Waals surface area contributed by atoms with E-state index in [1.165, 1.54) is 6.92 Å². The van der Waals surface area contributed by atoms with Gasteiger partial charge in [0.25, 0.3) is 0 Å². The van der Waals surface area contributed by atoms with Gasteiger partial charge in [0.2, 0.25) is 11.8 Å². The van der Waals surface area contributed by atoms with Crippen LogP contribution in [0.3, 0.4) is 0 Å². The highest BCUT2D eigenvalue weighted by atomic mass is 35.5. The molecule has 0 saturated carbocycles. The molecule has 18 heavy (non-hydrogen) atoms. The van der Waals surface area contributed by atoms with E-state index in [4.69, 9.17) is 11.6 Å². The number of hydrogen-bond acceptors (Lipinski definition) is 2. The Morgan fingerprint density at radius 1 is 1.28 bits per heavy atom. The second kappa shape index (κ2) is 7.01. The molecule has 2 N–H and O–H groups in total. The molecular weight excluding hydrogens is 252 g/mol. The molecule has 0 aliphatic heterocycles. The Hall–Kier alpha value is -1.55. The number of nitrogens with one attached hydrogen (secondary N) is 2. The van der Waals surface area contributed by atoms with E-state index in [2.05, 4.69) is 10.6 Å². The first-order valence-corrected chi connectivity index (χ1v) is 6.27. The second-order valence-corrected chi connectivity index (χ2v) is 4.43. The van der Waals surface area contributed by atoms with Gasteiger partial charge in [0.05, 0.1) is 10.7 Å². The first kappa shape index (κ1) is 14.5. The Morgan fingerprint density at radius 3 is 2.56 bits per heavy atom. The zero-order chi connectivity index (χ0) is 13.5. The van der Waals surface area contributed by atoms with Gasteiger partial charge in [-0.15, -0.1) is 0 Å². The number of amides is 2. The Bertz CT molecular complexity index is 447. The molecule has 0 fully saturated rings. The van der Waals surface area contributed by atoms with Crippen LogP contribution in [0, 0.1) is 0 Å². The molecule has 98 valence electrons. The molecule has 1 aromatic carbocycles. The largest absolute Gasteiger partial charge is 0.326 e. The van der Waals surface area contributed by atoms with Crippen molar-refractivity contribution in [1.29, 1.82) is 0 Å². The minimum atomic E-state index is -0.184. The van der Waals surface area contributed by atoms with Gasteiger partial charge >= 0.3 is 0 Å². The molecule has 0 bridgehead atoms. The van der Waals surface area contributed by atoms with E-state index < -0.39 is 0 Å². The predicted octanol–water partition coefficient (Wildman–Crippen LogP) is 3.43. The normalized spacial score (nSPS) is 9.94. The summed E-state index contributed by atoms with van der Waals surface area (Å²) in [6.45, 7) is 3.45. The number of carbonyl (C=O) groups excluding carboxylic acids is 2. The molecule has 0 heterocycles. The van der Waals surface area contributed by atoms with Crippen LogP contribution in [0.2, 0.25) is 5.02 Å². The number of rotatable bonds is 5. The zero-order valence-electron chi connectivity index (χ0n) is 10.5. The molecule has 0 atom stereocenters. The average Bonchev–Trinajstić information content (AvgIpc) is 2.29. The van der Waals surface area contributed by atoms with E-state index in [0.29, 0.717) is 22.8 Å². The van der Waals surface area contributed by atoms with E-state index in [0.717, 1.165) is 12.8 Å². The monoisotopic (exact) mass is 268 g/mol. The first-order chi connectivity index (χ1) is 8.52. The lowest BCUT2D eigenvalue weighted by Gasteiger charge is -2.08. The van der Waals surface area contributed by atoms with Crippen LogP contribution < -0.4 is 10.6 Å². The quantitative estimate of drug-likeness (QED) is 0.860. The maximum Gasteiger partial charge on any atom is 0.224 e. The number of carbonyl (C=O) groups is 2. The van der Waals surface area contributed by atoms with E-state index >= 15 is 0 Å². The number of halogens is 1. The van der Waals surface area contributed by atoms with Gasteiger partial charge in [-0.3, -0.25) is 9.59 Å². The molecule has 0 saturated heterocycles. The maximum atomic E-state index is 11.5. The standard InChI is InChI=1S/C13H17ClN2O2/c1-3-4-5-13(18)16-10-6-7-12(11(14)8-10)15-9(2)17/h6-8H,3-5H2,1-2H3,(H,15,17)(H,16,18). The molecule has 0 unspecified atom stereocenters. The summed E-state index contributed by atoms with van der Waals surface area (Å²) in [5.74, 6) is -0.211. The van der Waals surface area contributed by atoms with Crippen molar-refractivity contribution in [3.63, 3.8) is 0 Å². The first-order valence-electron chi connectivity index (χ1n) is 5.90. The molecule has 1 rings (SSSR count). The molecule has 1 aromatic rings. The minimum absolute atomic E-state index is 0.0276. The highest BCUT2D eigenvalue weighted by Gasteiger charge is 2.06. The fourth-order valence-corrected chi connectivity index (χ4v) is 1.67. The summed E-state index contributed by atoms with van der Waals surface area (Å²) < 4.78 is 0. The second-order valence-electron chi connectivity index (χ2n) is 4.03. The highest BCUT2D eigenvalue weighted by Crippen LogP contribution is 2.25. The number of anilines is 2. The Morgan fingerprint density at radius 2 is 2.00 bits per heavy atom. The van der Waals surface area contributed by atoms with E-state index in [9.17, 15) is 9.59 Å². The number of unbranched alkanes of at least 4 members (excludes halogenated alkanes) is 1. The molecule has 0 spiro atoms. The van der Waals surface area contributed by atoms with Crippen LogP contribution in [0.5, 0.6) is 0 Å². The van der Waals surface area contributed by atoms with Crippen molar-refractivity contribution in [1.82, 2.24) is 0 Å². The summed E-state index contributed by atoms with van der Waals surface area (Å²) in [4.78, 5) is 22.4. The third-order valence-corrected chi connectivity index (χ3v) is 2.63. The lowest BCUT2D eigenvalue weighted by molar-refractivity contribution is -0.116. The number of benzene rings is 1. The summed E-state index contributed by atoms with van der Waals surface area (Å²) in [6, 6.07) is 5.00. The molecule has 0 aliphatic carbocycles. The summed E-state index contributed by atoms with van der Waals surface area (Å²) in [5.41, 5.74) is 1.17. The molecule has 0 aliphatic rings. The summed E-state index contributed by atoms with van der Waals surface area (Å²) in [6.07, 6.45) is 2.35. The smallest absolute Gasteiger partial charge is 0.224 e. The van der Waals surface area contributed by atoms with E-state index in [1.54, 1.807) is 18.2 Å². The fraction of sp³-hybridized carbons (Fsp3) is 0.385. The van der Waals surface area contributed by atoms with Crippen molar-refractivity contribution in [3.8, 4) is 0 Å². The molecular formula is C13H17ClN2O2. The van der Waals surface area contributed by atoms with Crippen molar-refractivity contribution in [2.75, 3.05) is 10.6 Å². The van der Waals surface area contributed by atoms with Gasteiger partial charge in [-0.25, -0.2) is 0 Å². The Balaban J connectivity index is 2.66. The van der Waals surface area contributed by atoms with Crippen molar-refractivity contribution >= 4 is 34.8 Å². The SMILES string of the molecule is CCCCC(=O)Nc1ccc(NC(C)=O)c(Cl)c1. The van der Waals surface area contributed by atoms with Gasteiger partial charge in [0.1, 0.15) is 0 Å². The zero-order valence-corrected chi connectivity index (χ0v) is 11.3. The lowest BCUT2D eigenvalue weighted by Crippen LogP contribution is -2.11. The average molecular weight is 269 g/mol. The van der Waals surface area contributed by atoms with Crippen LogP contribution in [0.4, 0.5) is 11.4 Å². The maximum absolute atomic E-state index is 11.5. The third kappa shape index (κ3) is 4.75. The van der Waals surface area contributed by atoms with Gasteiger partial charge in [-0.2, -0.15) is 0 Å². The van der Waals surface area contributed by atoms with Crippen LogP contribution >= 0.6 is 11.6 Å². The lowest BCUT2D eigenvalue weighted by atomic mass is 10.2. The van der Waals surface area contributed by atoms with Crippen molar-refractivity contribution in [3.05, 3.63) is 23.2 Å². The van der Waals surface area contributed by atoms with Gasteiger partial charge in [0.15, 0.2) is 0 Å². The molecule has 4 nitrogen and oxygen atoms in total. The Labute approximate surface area is 112 Å². The Kier molecular flexibility index (Phi) is 5.65. The van der Waals surface area contributed by atoms with Gasteiger partial charge in [-0.1, -0.05) is 24.9 Å². The summed E-state index contributed by atoms with van der Waals surface area (Å²) in [7, 11) is 0. The van der Waals surface area contributed by atoms with Crippen LogP contribution in [0.15, 0.2) is 18.2 Å². The number of hydrogen-bond donors (Lipinski definition) is 2. The summed E-state index contributed by atoms with van der Waals surface area (Å²) in [5, 5.41) is 5.77. The van der Waals surface area contributed by atoms with Crippen molar-refractivity contribution < 1.29 is 9.59 Å². The summed E-state index contributed by atoms with van der Waals surface area (Å²) >= 11 is 6.00. The van der Waals surface area contributed by atoms with Crippen LogP contribution in [-0.2, 0) is 9.59 Å². The van der Waals surface area contributed by atoms with Gasteiger partial charge in [0, 0.05) is 19.0 Å². The van der Waals surface area contributed by atoms with Gasteiger partial charge < -0.3 is 10.6 Å². The highest BCUT2D eigenvalue weighted by molar-refractivity contribution is 6.34. The van der Waals surface area contributed by atoms with Crippen LogP contribution in [0.25, 0.3) is 0 Å². The van der Waals surface area contributed by atoms with Crippen LogP contribution in [0.1, 0.15) is 33.1 Å². The van der Waals surface area contributed by atoms with E-state index in [1.807, 2.05) is 6.92 Å². The third-order valence-electron chi connectivity index (χ3n) is 2.32. The molecule has 5 heteroatoms. The molecule has 0 radical (unpaired) electrons. The van der Waals surface area contributed by atoms with Gasteiger partial charge in [-0.05, 0) is 24.6 Å². The van der Waals surface area contributed by atoms with Crippen LogP contribution in [-0.4, -0.2) is 11.8 Å². The minimum Gasteiger partial charge on any atom is -0.326 e. The topological polar surface area (TPSA) is 58.2 Å².